The normalized spacial score (nSPS) is 19.3. The third-order valence-corrected chi connectivity index (χ3v) is 2.89. The van der Waals surface area contributed by atoms with Crippen LogP contribution in [0.5, 0.6) is 0 Å². The van der Waals surface area contributed by atoms with Gasteiger partial charge in [-0.15, -0.1) is 0 Å². The van der Waals surface area contributed by atoms with Gasteiger partial charge >= 0.3 is 0 Å². The highest BCUT2D eigenvalue weighted by Gasteiger charge is 2.23. The second-order valence-electron chi connectivity index (χ2n) is 4.13. The highest BCUT2D eigenvalue weighted by atomic mass is 16.2. The SMILES string of the molecule is C=CC(=O)N1CCCC(C(C)C)C1.CC.[B]. The first-order valence-electron chi connectivity index (χ1n) is 6.06. The lowest BCUT2D eigenvalue weighted by molar-refractivity contribution is -0.128. The van der Waals surface area contributed by atoms with Gasteiger partial charge in [0.15, 0.2) is 0 Å². The van der Waals surface area contributed by atoms with E-state index in [1.165, 1.54) is 12.5 Å². The van der Waals surface area contributed by atoms with Crippen LogP contribution in [-0.2, 0) is 4.79 Å². The van der Waals surface area contributed by atoms with Crippen molar-refractivity contribution in [3.8, 4) is 0 Å². The molecule has 1 aliphatic heterocycles. The molecule has 0 aliphatic carbocycles. The lowest BCUT2D eigenvalue weighted by Crippen LogP contribution is -2.40. The van der Waals surface area contributed by atoms with E-state index in [1.807, 2.05) is 18.7 Å². The van der Waals surface area contributed by atoms with E-state index in [9.17, 15) is 4.79 Å². The van der Waals surface area contributed by atoms with Crippen molar-refractivity contribution in [1.29, 1.82) is 0 Å². The molecule has 1 heterocycles. The molecule has 1 rings (SSSR count). The molecule has 3 radical (unpaired) electrons. The second kappa shape index (κ2) is 9.50. The van der Waals surface area contributed by atoms with Gasteiger partial charge in [-0.25, -0.2) is 0 Å². The highest BCUT2D eigenvalue weighted by molar-refractivity contribution is 5.87. The van der Waals surface area contributed by atoms with Crippen LogP contribution in [0.4, 0.5) is 0 Å². The maximum absolute atomic E-state index is 11.3. The summed E-state index contributed by atoms with van der Waals surface area (Å²) in [5, 5.41) is 0. The van der Waals surface area contributed by atoms with Crippen molar-refractivity contribution >= 4 is 14.3 Å². The number of carbonyl (C=O) groups is 1. The van der Waals surface area contributed by atoms with Gasteiger partial charge in [-0.05, 0) is 30.8 Å². The molecule has 3 heteroatoms. The van der Waals surface area contributed by atoms with Crippen LogP contribution in [0.2, 0.25) is 0 Å². The smallest absolute Gasteiger partial charge is 0.245 e. The van der Waals surface area contributed by atoms with Gasteiger partial charge in [-0.2, -0.15) is 0 Å². The average Bonchev–Trinajstić information content (AvgIpc) is 2.30. The van der Waals surface area contributed by atoms with Crippen molar-refractivity contribution in [1.82, 2.24) is 4.90 Å². The molecule has 1 saturated heterocycles. The summed E-state index contributed by atoms with van der Waals surface area (Å²) in [5.74, 6) is 1.45. The summed E-state index contributed by atoms with van der Waals surface area (Å²) in [6.45, 7) is 13.8. The molecule has 0 aromatic heterocycles. The summed E-state index contributed by atoms with van der Waals surface area (Å²) >= 11 is 0. The summed E-state index contributed by atoms with van der Waals surface area (Å²) in [5.41, 5.74) is 0. The zero-order valence-corrected chi connectivity index (χ0v) is 11.2. The molecular formula is C13H25BNO. The monoisotopic (exact) mass is 222 g/mol. The quantitative estimate of drug-likeness (QED) is 0.519. The minimum Gasteiger partial charge on any atom is -0.339 e. The largest absolute Gasteiger partial charge is 0.339 e. The first-order valence-corrected chi connectivity index (χ1v) is 6.06. The predicted molar refractivity (Wildman–Crippen MR) is 71.4 cm³/mol. The van der Waals surface area contributed by atoms with Gasteiger partial charge in [0.25, 0.3) is 0 Å². The lowest BCUT2D eigenvalue weighted by Gasteiger charge is -2.34. The van der Waals surface area contributed by atoms with Crippen LogP contribution in [0.1, 0.15) is 40.5 Å². The fourth-order valence-corrected chi connectivity index (χ4v) is 1.88. The number of hydrogen-bond donors (Lipinski definition) is 0. The molecule has 1 atom stereocenters. The molecule has 0 spiro atoms. The van der Waals surface area contributed by atoms with Gasteiger partial charge in [0.05, 0.1) is 0 Å². The number of nitrogens with zero attached hydrogens (tertiary/aromatic N) is 1. The molecule has 0 aromatic rings. The summed E-state index contributed by atoms with van der Waals surface area (Å²) in [6.07, 6.45) is 3.82. The van der Waals surface area contributed by atoms with Crippen molar-refractivity contribution in [2.75, 3.05) is 13.1 Å². The van der Waals surface area contributed by atoms with E-state index in [0.717, 1.165) is 19.5 Å². The van der Waals surface area contributed by atoms with Crippen LogP contribution in [0, 0.1) is 11.8 Å². The number of carbonyl (C=O) groups excluding carboxylic acids is 1. The average molecular weight is 222 g/mol. The molecule has 1 amide bonds. The summed E-state index contributed by atoms with van der Waals surface area (Å²) in [4.78, 5) is 13.3. The Morgan fingerprint density at radius 1 is 1.44 bits per heavy atom. The molecule has 0 aromatic carbocycles. The predicted octanol–water partition coefficient (Wildman–Crippen LogP) is 2.71. The molecule has 1 fully saturated rings. The van der Waals surface area contributed by atoms with Crippen molar-refractivity contribution in [3.63, 3.8) is 0 Å². The zero-order valence-electron chi connectivity index (χ0n) is 11.2. The van der Waals surface area contributed by atoms with Crippen LogP contribution in [-0.4, -0.2) is 32.3 Å². The topological polar surface area (TPSA) is 20.3 Å². The number of hydrogen-bond acceptors (Lipinski definition) is 1. The minimum atomic E-state index is 0. The van der Waals surface area contributed by atoms with Crippen LogP contribution < -0.4 is 0 Å². The third kappa shape index (κ3) is 5.38. The molecule has 0 saturated carbocycles. The van der Waals surface area contributed by atoms with Gasteiger partial charge < -0.3 is 4.90 Å². The Labute approximate surface area is 103 Å². The van der Waals surface area contributed by atoms with Gasteiger partial charge in [0.2, 0.25) is 5.91 Å². The summed E-state index contributed by atoms with van der Waals surface area (Å²) in [7, 11) is 0. The van der Waals surface area contributed by atoms with Gasteiger partial charge in [0.1, 0.15) is 0 Å². The van der Waals surface area contributed by atoms with E-state index in [-0.39, 0.29) is 14.3 Å². The number of amides is 1. The zero-order chi connectivity index (χ0) is 11.8. The lowest BCUT2D eigenvalue weighted by atomic mass is 9.88. The standard InChI is InChI=1S/C11H19NO.C2H6.B/c1-4-11(13)12-7-5-6-10(8-12)9(2)3;1-2;/h4,9-10H,1,5-8H2,2-3H3;1-2H3;. The highest BCUT2D eigenvalue weighted by Crippen LogP contribution is 2.23. The van der Waals surface area contributed by atoms with Gasteiger partial charge in [0, 0.05) is 21.5 Å². The molecule has 91 valence electrons. The summed E-state index contributed by atoms with van der Waals surface area (Å²) in [6, 6.07) is 0. The van der Waals surface area contributed by atoms with Crippen LogP contribution >= 0.6 is 0 Å². The van der Waals surface area contributed by atoms with Crippen LogP contribution in [0.25, 0.3) is 0 Å². The Bertz CT molecular complexity index is 204. The maximum atomic E-state index is 11.3. The molecular weight excluding hydrogens is 197 g/mol. The maximum Gasteiger partial charge on any atom is 0.245 e. The van der Waals surface area contributed by atoms with Crippen LogP contribution in [0.15, 0.2) is 12.7 Å². The molecule has 16 heavy (non-hydrogen) atoms. The Balaban J connectivity index is 0. The fourth-order valence-electron chi connectivity index (χ4n) is 1.88. The Morgan fingerprint density at radius 2 is 2.00 bits per heavy atom. The molecule has 0 bridgehead atoms. The van der Waals surface area contributed by atoms with Crippen molar-refractivity contribution in [2.45, 2.75) is 40.5 Å². The van der Waals surface area contributed by atoms with E-state index in [1.54, 1.807) is 0 Å². The Morgan fingerprint density at radius 3 is 2.44 bits per heavy atom. The summed E-state index contributed by atoms with van der Waals surface area (Å²) < 4.78 is 0. The van der Waals surface area contributed by atoms with Gasteiger partial charge in [-0.3, -0.25) is 4.79 Å². The van der Waals surface area contributed by atoms with Crippen molar-refractivity contribution in [2.24, 2.45) is 11.8 Å². The first-order chi connectivity index (χ1) is 7.15. The van der Waals surface area contributed by atoms with E-state index in [0.29, 0.717) is 11.8 Å². The molecule has 2 nitrogen and oxygen atoms in total. The Kier molecular flexibility index (Phi) is 10.5. The molecule has 0 N–H and O–H groups in total. The molecule has 1 unspecified atom stereocenters. The first kappa shape index (κ1) is 17.7. The van der Waals surface area contributed by atoms with E-state index < -0.39 is 0 Å². The minimum absolute atomic E-state index is 0. The second-order valence-corrected chi connectivity index (χ2v) is 4.13. The van der Waals surface area contributed by atoms with Crippen molar-refractivity contribution in [3.05, 3.63) is 12.7 Å². The Hall–Kier alpha value is -0.725. The number of rotatable bonds is 2. The van der Waals surface area contributed by atoms with Gasteiger partial charge in [-0.1, -0.05) is 34.3 Å². The third-order valence-electron chi connectivity index (χ3n) is 2.89. The number of piperidine rings is 1. The molecule has 1 aliphatic rings. The number of likely N-dealkylation sites (tertiary alicyclic amines) is 1. The van der Waals surface area contributed by atoms with E-state index in [2.05, 4.69) is 20.4 Å². The van der Waals surface area contributed by atoms with E-state index in [4.69, 9.17) is 0 Å². The van der Waals surface area contributed by atoms with Crippen molar-refractivity contribution < 1.29 is 4.79 Å². The fraction of sp³-hybridized carbons (Fsp3) is 0.769. The van der Waals surface area contributed by atoms with E-state index >= 15 is 0 Å². The van der Waals surface area contributed by atoms with Crippen LogP contribution in [0.3, 0.4) is 0 Å².